The van der Waals surface area contributed by atoms with Crippen LogP contribution in [-0.2, 0) is 9.53 Å². The highest BCUT2D eigenvalue weighted by Crippen LogP contribution is 2.34. The monoisotopic (exact) mass is 339 g/mol. The van der Waals surface area contributed by atoms with Gasteiger partial charge in [-0.2, -0.15) is 5.10 Å². The summed E-state index contributed by atoms with van der Waals surface area (Å²) in [5, 5.41) is 11.3. The zero-order chi connectivity index (χ0) is 17.2. The molecule has 1 N–H and O–H groups in total. The molecular formula is C18H21N5O2. The Morgan fingerprint density at radius 1 is 1.32 bits per heavy atom. The van der Waals surface area contributed by atoms with Crippen molar-refractivity contribution in [3.8, 4) is 0 Å². The number of piperidine rings is 1. The highest BCUT2D eigenvalue weighted by Gasteiger charge is 2.42. The van der Waals surface area contributed by atoms with Gasteiger partial charge in [-0.3, -0.25) is 9.78 Å². The normalized spacial score (nSPS) is 25.5. The minimum Gasteiger partial charge on any atom is -0.363 e. The molecule has 2 aromatic rings. The Hall–Kier alpha value is -2.54. The zero-order valence-corrected chi connectivity index (χ0v) is 14.1. The van der Waals surface area contributed by atoms with E-state index in [0.29, 0.717) is 11.6 Å². The predicted molar refractivity (Wildman–Crippen MR) is 93.2 cm³/mol. The molecule has 4 rings (SSSR count). The fourth-order valence-electron chi connectivity index (χ4n) is 3.53. The standard InChI is InChI=1S/C18H21N5O2/c1-12-4-5-17(22-21-12)23-8-6-13-9-15(25-16(13)11-23)18(24)20-14-3-2-7-19-10-14/h2-5,7,10,13,15-16H,6,8-9,11H2,1H3,(H,20,24)/t13-,15-,16+/m1/s1. The molecule has 2 saturated heterocycles. The first-order valence-electron chi connectivity index (χ1n) is 8.60. The molecule has 7 nitrogen and oxygen atoms in total. The topological polar surface area (TPSA) is 80.2 Å². The number of hydrogen-bond donors (Lipinski definition) is 1. The number of carbonyl (C=O) groups is 1. The van der Waals surface area contributed by atoms with Gasteiger partial charge in [0.2, 0.25) is 0 Å². The van der Waals surface area contributed by atoms with Crippen LogP contribution in [0, 0.1) is 12.8 Å². The van der Waals surface area contributed by atoms with Crippen molar-refractivity contribution >= 4 is 17.4 Å². The summed E-state index contributed by atoms with van der Waals surface area (Å²) in [6.07, 6.45) is 4.73. The number of rotatable bonds is 3. The van der Waals surface area contributed by atoms with E-state index in [2.05, 4.69) is 25.4 Å². The highest BCUT2D eigenvalue weighted by atomic mass is 16.5. The van der Waals surface area contributed by atoms with Gasteiger partial charge in [-0.15, -0.1) is 5.10 Å². The number of fused-ring (bicyclic) bond motifs is 1. The van der Waals surface area contributed by atoms with E-state index < -0.39 is 6.10 Å². The third-order valence-electron chi connectivity index (χ3n) is 4.88. The van der Waals surface area contributed by atoms with Gasteiger partial charge in [0, 0.05) is 19.3 Å². The van der Waals surface area contributed by atoms with E-state index in [1.54, 1.807) is 18.5 Å². The molecule has 2 aliphatic rings. The van der Waals surface area contributed by atoms with E-state index in [4.69, 9.17) is 4.74 Å². The molecule has 1 amide bonds. The molecular weight excluding hydrogens is 318 g/mol. The van der Waals surface area contributed by atoms with Crippen LogP contribution in [0.3, 0.4) is 0 Å². The van der Waals surface area contributed by atoms with Crippen molar-refractivity contribution in [3.63, 3.8) is 0 Å². The predicted octanol–water partition coefficient (Wildman–Crippen LogP) is 1.80. The lowest BCUT2D eigenvalue weighted by molar-refractivity contribution is -0.126. The van der Waals surface area contributed by atoms with E-state index in [9.17, 15) is 4.79 Å². The van der Waals surface area contributed by atoms with Crippen LogP contribution >= 0.6 is 0 Å². The average Bonchev–Trinajstić information content (AvgIpc) is 3.06. The second-order valence-electron chi connectivity index (χ2n) is 6.66. The van der Waals surface area contributed by atoms with E-state index in [-0.39, 0.29) is 12.0 Å². The van der Waals surface area contributed by atoms with Crippen LogP contribution < -0.4 is 10.2 Å². The van der Waals surface area contributed by atoms with Gasteiger partial charge < -0.3 is 15.0 Å². The molecule has 0 aliphatic carbocycles. The fraction of sp³-hybridized carbons (Fsp3) is 0.444. The van der Waals surface area contributed by atoms with Crippen molar-refractivity contribution in [2.45, 2.75) is 32.0 Å². The number of carbonyl (C=O) groups excluding carboxylic acids is 1. The molecule has 0 bridgehead atoms. The van der Waals surface area contributed by atoms with Crippen LogP contribution in [0.5, 0.6) is 0 Å². The number of nitrogens with one attached hydrogen (secondary N) is 1. The van der Waals surface area contributed by atoms with E-state index in [1.165, 1.54) is 0 Å². The van der Waals surface area contributed by atoms with Gasteiger partial charge in [0.05, 0.1) is 23.7 Å². The minimum absolute atomic E-state index is 0.0569. The van der Waals surface area contributed by atoms with Gasteiger partial charge in [-0.1, -0.05) is 0 Å². The summed E-state index contributed by atoms with van der Waals surface area (Å²) in [6.45, 7) is 3.59. The minimum atomic E-state index is -0.403. The van der Waals surface area contributed by atoms with Crippen LogP contribution in [0.25, 0.3) is 0 Å². The molecule has 0 saturated carbocycles. The molecule has 2 fully saturated rings. The maximum absolute atomic E-state index is 12.4. The highest BCUT2D eigenvalue weighted by molar-refractivity contribution is 5.94. The first-order valence-corrected chi connectivity index (χ1v) is 8.60. The summed E-state index contributed by atoms with van der Waals surface area (Å²) in [6, 6.07) is 7.58. The SMILES string of the molecule is Cc1ccc(N2CC[C@@H]3C[C@H](C(=O)Nc4cccnc4)O[C@H]3C2)nn1. The molecule has 3 atom stereocenters. The molecule has 0 unspecified atom stereocenters. The second-order valence-corrected chi connectivity index (χ2v) is 6.66. The maximum atomic E-state index is 12.4. The van der Waals surface area contributed by atoms with E-state index >= 15 is 0 Å². The number of anilines is 2. The van der Waals surface area contributed by atoms with Crippen molar-refractivity contribution in [1.29, 1.82) is 0 Å². The fourth-order valence-corrected chi connectivity index (χ4v) is 3.53. The smallest absolute Gasteiger partial charge is 0.253 e. The van der Waals surface area contributed by atoms with Gasteiger partial charge in [0.25, 0.3) is 5.91 Å². The zero-order valence-electron chi connectivity index (χ0n) is 14.1. The Morgan fingerprint density at radius 3 is 3.00 bits per heavy atom. The molecule has 0 spiro atoms. The number of amides is 1. The van der Waals surface area contributed by atoms with Crippen LogP contribution in [0.15, 0.2) is 36.7 Å². The lowest BCUT2D eigenvalue weighted by atomic mass is 9.91. The summed E-state index contributed by atoms with van der Waals surface area (Å²) < 4.78 is 6.05. The first kappa shape index (κ1) is 16.0. The third-order valence-corrected chi connectivity index (χ3v) is 4.88. The summed E-state index contributed by atoms with van der Waals surface area (Å²) >= 11 is 0. The van der Waals surface area contributed by atoms with E-state index in [1.807, 2.05) is 25.1 Å². The third kappa shape index (κ3) is 3.46. The van der Waals surface area contributed by atoms with Crippen LogP contribution in [0.4, 0.5) is 11.5 Å². The number of nitrogens with zero attached hydrogens (tertiary/aromatic N) is 4. The lowest BCUT2D eigenvalue weighted by Gasteiger charge is -2.34. The quantitative estimate of drug-likeness (QED) is 0.918. The molecule has 7 heteroatoms. The Bertz CT molecular complexity index is 737. The van der Waals surface area contributed by atoms with Gasteiger partial charge >= 0.3 is 0 Å². The van der Waals surface area contributed by atoms with Gasteiger partial charge in [-0.05, 0) is 49.9 Å². The molecule has 130 valence electrons. The van der Waals surface area contributed by atoms with Gasteiger partial charge in [-0.25, -0.2) is 0 Å². The maximum Gasteiger partial charge on any atom is 0.253 e. The first-order chi connectivity index (χ1) is 12.2. The number of aryl methyl sites for hydroxylation is 1. The second kappa shape index (κ2) is 6.76. The number of pyridine rings is 1. The Balaban J connectivity index is 1.38. The summed E-state index contributed by atoms with van der Waals surface area (Å²) in [5.74, 6) is 1.19. The number of aromatic nitrogens is 3. The average molecular weight is 339 g/mol. The van der Waals surface area contributed by atoms with Gasteiger partial charge in [0.1, 0.15) is 6.10 Å². The summed E-state index contributed by atoms with van der Waals surface area (Å²) in [4.78, 5) is 18.6. The molecule has 2 aromatic heterocycles. The molecule has 4 heterocycles. The van der Waals surface area contributed by atoms with Crippen LogP contribution in [0.1, 0.15) is 18.5 Å². The van der Waals surface area contributed by atoms with Gasteiger partial charge in [0.15, 0.2) is 5.82 Å². The van der Waals surface area contributed by atoms with Crippen molar-refractivity contribution in [2.24, 2.45) is 5.92 Å². The van der Waals surface area contributed by atoms with Crippen molar-refractivity contribution in [3.05, 3.63) is 42.4 Å². The number of hydrogen-bond acceptors (Lipinski definition) is 6. The molecule has 25 heavy (non-hydrogen) atoms. The number of ether oxygens (including phenoxy) is 1. The largest absolute Gasteiger partial charge is 0.363 e. The van der Waals surface area contributed by atoms with Crippen LogP contribution in [-0.4, -0.2) is 46.4 Å². The van der Waals surface area contributed by atoms with Crippen LogP contribution in [0.2, 0.25) is 0 Å². The Labute approximate surface area is 146 Å². The molecule has 0 radical (unpaired) electrons. The van der Waals surface area contributed by atoms with Crippen molar-refractivity contribution in [1.82, 2.24) is 15.2 Å². The summed E-state index contributed by atoms with van der Waals surface area (Å²) in [5.41, 5.74) is 1.60. The molecule has 0 aromatic carbocycles. The summed E-state index contributed by atoms with van der Waals surface area (Å²) in [7, 11) is 0. The molecule has 2 aliphatic heterocycles. The van der Waals surface area contributed by atoms with Crippen molar-refractivity contribution < 1.29 is 9.53 Å². The van der Waals surface area contributed by atoms with E-state index in [0.717, 1.165) is 37.4 Å². The van der Waals surface area contributed by atoms with Crippen molar-refractivity contribution in [2.75, 3.05) is 23.3 Å². The lowest BCUT2D eigenvalue weighted by Crippen LogP contribution is -2.43. The Kier molecular flexibility index (Phi) is 4.31. The Morgan fingerprint density at radius 2 is 2.24 bits per heavy atom.